The van der Waals surface area contributed by atoms with Gasteiger partial charge in [-0.25, -0.2) is 9.98 Å². The van der Waals surface area contributed by atoms with Crippen LogP contribution in [0.3, 0.4) is 0 Å². The van der Waals surface area contributed by atoms with Crippen molar-refractivity contribution < 1.29 is 0 Å². The summed E-state index contributed by atoms with van der Waals surface area (Å²) in [5.41, 5.74) is 2.42. The van der Waals surface area contributed by atoms with Crippen LogP contribution in [0, 0.1) is 0 Å². The molecule has 1 aromatic carbocycles. The number of nitrogens with zero attached hydrogens (tertiary/aromatic N) is 4. The molecular weight excluding hydrogens is 495 g/mol. The standard InChI is InChI=1S/C21H28N6S.HI/c1-3-19-15-24-20(28-19)9-11-23-21(22-4-2)25-14-17-7-5-8-18(13-17)16-27-12-6-10-26-27;/h5-8,10,12-13,15H,3-4,9,11,14,16H2,1-2H3,(H2,22,23,25);1H. The molecule has 8 heteroatoms. The Labute approximate surface area is 193 Å². The third kappa shape index (κ3) is 7.77. The number of aryl methyl sites for hydroxylation is 1. The lowest BCUT2D eigenvalue weighted by atomic mass is 10.1. The Morgan fingerprint density at radius 3 is 2.76 bits per heavy atom. The van der Waals surface area contributed by atoms with E-state index in [1.165, 1.54) is 21.0 Å². The Morgan fingerprint density at radius 2 is 2.03 bits per heavy atom. The molecule has 0 unspecified atom stereocenters. The third-order valence-electron chi connectivity index (χ3n) is 4.24. The zero-order valence-electron chi connectivity index (χ0n) is 17.0. The van der Waals surface area contributed by atoms with E-state index in [0.29, 0.717) is 6.54 Å². The van der Waals surface area contributed by atoms with E-state index in [-0.39, 0.29) is 24.0 Å². The highest BCUT2D eigenvalue weighted by molar-refractivity contribution is 14.0. The highest BCUT2D eigenvalue weighted by atomic mass is 127. The molecule has 156 valence electrons. The van der Waals surface area contributed by atoms with E-state index in [0.717, 1.165) is 38.4 Å². The number of guanidine groups is 1. The van der Waals surface area contributed by atoms with Crippen LogP contribution in [0.2, 0.25) is 0 Å². The van der Waals surface area contributed by atoms with Gasteiger partial charge in [0.05, 0.1) is 18.1 Å². The number of nitrogens with one attached hydrogen (secondary N) is 2. The van der Waals surface area contributed by atoms with Crippen molar-refractivity contribution in [3.63, 3.8) is 0 Å². The summed E-state index contributed by atoms with van der Waals surface area (Å²) < 4.78 is 1.93. The van der Waals surface area contributed by atoms with Crippen molar-refractivity contribution >= 4 is 41.3 Å². The van der Waals surface area contributed by atoms with E-state index in [9.17, 15) is 0 Å². The van der Waals surface area contributed by atoms with Crippen molar-refractivity contribution in [2.24, 2.45) is 4.99 Å². The fourth-order valence-corrected chi connectivity index (χ4v) is 3.70. The third-order valence-corrected chi connectivity index (χ3v) is 5.44. The molecule has 29 heavy (non-hydrogen) atoms. The molecule has 0 amide bonds. The number of aromatic nitrogens is 3. The monoisotopic (exact) mass is 524 g/mol. The van der Waals surface area contributed by atoms with Crippen LogP contribution < -0.4 is 10.6 Å². The number of benzene rings is 1. The van der Waals surface area contributed by atoms with Crippen LogP contribution in [-0.4, -0.2) is 33.8 Å². The van der Waals surface area contributed by atoms with Crippen LogP contribution in [0.5, 0.6) is 0 Å². The summed E-state index contributed by atoms with van der Waals surface area (Å²) in [7, 11) is 0. The predicted molar refractivity (Wildman–Crippen MR) is 131 cm³/mol. The van der Waals surface area contributed by atoms with Crippen molar-refractivity contribution in [3.8, 4) is 0 Å². The van der Waals surface area contributed by atoms with Gasteiger partial charge in [0.25, 0.3) is 0 Å². The minimum Gasteiger partial charge on any atom is -0.357 e. The number of aliphatic imine (C=N–C) groups is 1. The van der Waals surface area contributed by atoms with Crippen LogP contribution in [0.15, 0.2) is 53.9 Å². The second-order valence-electron chi connectivity index (χ2n) is 6.47. The van der Waals surface area contributed by atoms with Gasteiger partial charge in [-0.15, -0.1) is 35.3 Å². The normalized spacial score (nSPS) is 11.2. The van der Waals surface area contributed by atoms with Gasteiger partial charge in [0.2, 0.25) is 0 Å². The lowest BCUT2D eigenvalue weighted by Crippen LogP contribution is -2.38. The molecule has 2 N–H and O–H groups in total. The number of hydrogen-bond donors (Lipinski definition) is 2. The topological polar surface area (TPSA) is 67.1 Å². The number of rotatable bonds is 9. The van der Waals surface area contributed by atoms with E-state index in [4.69, 9.17) is 4.99 Å². The maximum Gasteiger partial charge on any atom is 0.191 e. The van der Waals surface area contributed by atoms with Gasteiger partial charge in [-0.1, -0.05) is 31.2 Å². The minimum absolute atomic E-state index is 0. The first-order chi connectivity index (χ1) is 13.8. The second kappa shape index (κ2) is 12.6. The van der Waals surface area contributed by atoms with Crippen LogP contribution in [0.1, 0.15) is 34.9 Å². The van der Waals surface area contributed by atoms with Gasteiger partial charge in [-0.05, 0) is 30.5 Å². The summed E-state index contributed by atoms with van der Waals surface area (Å²) in [6.07, 6.45) is 7.72. The van der Waals surface area contributed by atoms with Crippen molar-refractivity contribution in [2.75, 3.05) is 13.1 Å². The summed E-state index contributed by atoms with van der Waals surface area (Å²) in [5, 5.41) is 12.2. The molecule has 2 heterocycles. The van der Waals surface area contributed by atoms with Crippen LogP contribution in [-0.2, 0) is 25.9 Å². The van der Waals surface area contributed by atoms with Crippen LogP contribution in [0.25, 0.3) is 0 Å². The average molecular weight is 524 g/mol. The zero-order valence-corrected chi connectivity index (χ0v) is 20.1. The number of hydrogen-bond acceptors (Lipinski definition) is 4. The van der Waals surface area contributed by atoms with E-state index in [1.54, 1.807) is 17.5 Å². The van der Waals surface area contributed by atoms with Gasteiger partial charge in [0.15, 0.2) is 5.96 Å². The summed E-state index contributed by atoms with van der Waals surface area (Å²) >= 11 is 1.79. The molecule has 0 aliphatic carbocycles. The molecule has 6 nitrogen and oxygen atoms in total. The first-order valence-electron chi connectivity index (χ1n) is 9.77. The molecule has 0 bridgehead atoms. The number of thiazole rings is 1. The van der Waals surface area contributed by atoms with Crippen molar-refractivity contribution in [1.82, 2.24) is 25.4 Å². The van der Waals surface area contributed by atoms with E-state index in [1.807, 2.05) is 23.1 Å². The summed E-state index contributed by atoms with van der Waals surface area (Å²) in [4.78, 5) is 10.5. The SMILES string of the molecule is CCNC(=NCc1cccc(Cn2cccn2)c1)NCCc1ncc(CC)s1.I. The van der Waals surface area contributed by atoms with Crippen molar-refractivity contribution in [1.29, 1.82) is 0 Å². The van der Waals surface area contributed by atoms with Crippen LogP contribution in [0.4, 0.5) is 0 Å². The van der Waals surface area contributed by atoms with Gasteiger partial charge in [-0.2, -0.15) is 5.10 Å². The molecule has 0 saturated heterocycles. The molecule has 3 rings (SSSR count). The van der Waals surface area contributed by atoms with Crippen molar-refractivity contribution in [3.05, 3.63) is 69.9 Å². The molecule has 0 fully saturated rings. The highest BCUT2D eigenvalue weighted by Gasteiger charge is 2.03. The maximum absolute atomic E-state index is 4.73. The van der Waals surface area contributed by atoms with Gasteiger partial charge < -0.3 is 10.6 Å². The molecule has 0 aliphatic heterocycles. The minimum atomic E-state index is 0. The summed E-state index contributed by atoms with van der Waals surface area (Å²) in [5.74, 6) is 0.840. The summed E-state index contributed by atoms with van der Waals surface area (Å²) in [6.45, 7) is 7.31. The smallest absolute Gasteiger partial charge is 0.191 e. The molecule has 3 aromatic rings. The first-order valence-corrected chi connectivity index (χ1v) is 10.6. The summed E-state index contributed by atoms with van der Waals surface area (Å²) in [6, 6.07) is 10.4. The Kier molecular flexibility index (Phi) is 10.1. The average Bonchev–Trinajstić information content (AvgIpc) is 3.38. The van der Waals surface area contributed by atoms with E-state index < -0.39 is 0 Å². The zero-order chi connectivity index (χ0) is 19.6. The maximum atomic E-state index is 4.73. The Balaban J connectivity index is 0.00000300. The van der Waals surface area contributed by atoms with Gasteiger partial charge in [0, 0.05) is 43.0 Å². The molecule has 0 aliphatic rings. The molecule has 2 aromatic heterocycles. The van der Waals surface area contributed by atoms with Crippen molar-refractivity contribution in [2.45, 2.75) is 39.8 Å². The molecule has 0 saturated carbocycles. The fourth-order valence-electron chi connectivity index (χ4n) is 2.83. The predicted octanol–water partition coefficient (Wildman–Crippen LogP) is 3.87. The molecule has 0 radical (unpaired) electrons. The Bertz CT molecular complexity index is 875. The largest absolute Gasteiger partial charge is 0.357 e. The second-order valence-corrected chi connectivity index (χ2v) is 7.67. The molecule has 0 atom stereocenters. The molecular formula is C21H29IN6S. The first kappa shape index (κ1) is 23.3. The molecule has 0 spiro atoms. The highest BCUT2D eigenvalue weighted by Crippen LogP contribution is 2.13. The Morgan fingerprint density at radius 1 is 1.17 bits per heavy atom. The lowest BCUT2D eigenvalue weighted by molar-refractivity contribution is 0.686. The Hall–Kier alpha value is -1.94. The van der Waals surface area contributed by atoms with Gasteiger partial charge in [-0.3, -0.25) is 4.68 Å². The van der Waals surface area contributed by atoms with Gasteiger partial charge >= 0.3 is 0 Å². The van der Waals surface area contributed by atoms with Crippen LogP contribution >= 0.6 is 35.3 Å². The van der Waals surface area contributed by atoms with Gasteiger partial charge in [0.1, 0.15) is 0 Å². The fraction of sp³-hybridized carbons (Fsp3) is 0.381. The number of halogens is 1. The lowest BCUT2D eigenvalue weighted by Gasteiger charge is -2.11. The van der Waals surface area contributed by atoms with E-state index in [2.05, 4.69) is 58.8 Å². The van der Waals surface area contributed by atoms with E-state index >= 15 is 0 Å². The quantitative estimate of drug-likeness (QED) is 0.254.